The largest absolute Gasteiger partial charge is 0.476 e. The molecule has 1 aromatic heterocycles. The SMILES string of the molecule is CCc1ccc(C(=O)Nc2ccc3c(c2)OC(C)(C)C(=O)N3)o1. The zero-order valence-electron chi connectivity index (χ0n) is 13.2. The number of anilines is 2. The molecular formula is C17H18N2O4. The molecule has 2 aromatic rings. The number of carbonyl (C=O) groups is 2. The van der Waals surface area contributed by atoms with Gasteiger partial charge in [0, 0.05) is 18.2 Å². The van der Waals surface area contributed by atoms with Crippen LogP contribution in [0.2, 0.25) is 0 Å². The molecule has 2 amide bonds. The second-order valence-corrected chi connectivity index (χ2v) is 5.85. The number of nitrogens with one attached hydrogen (secondary N) is 2. The number of furan rings is 1. The maximum atomic E-state index is 12.2. The normalized spacial score (nSPS) is 15.3. The third-order valence-corrected chi connectivity index (χ3v) is 3.63. The summed E-state index contributed by atoms with van der Waals surface area (Å²) >= 11 is 0. The van der Waals surface area contributed by atoms with Crippen molar-refractivity contribution in [2.45, 2.75) is 32.8 Å². The number of carbonyl (C=O) groups excluding carboxylic acids is 2. The van der Waals surface area contributed by atoms with E-state index in [-0.39, 0.29) is 17.6 Å². The molecule has 6 heteroatoms. The van der Waals surface area contributed by atoms with E-state index in [4.69, 9.17) is 9.15 Å². The summed E-state index contributed by atoms with van der Waals surface area (Å²) in [5, 5.41) is 5.54. The predicted molar refractivity (Wildman–Crippen MR) is 85.8 cm³/mol. The first kappa shape index (κ1) is 15.1. The van der Waals surface area contributed by atoms with E-state index in [1.807, 2.05) is 6.92 Å². The molecule has 2 N–H and O–H groups in total. The molecule has 120 valence electrons. The standard InChI is InChI=1S/C17H18N2O4/c1-4-11-6-8-13(22-11)15(20)18-10-5-7-12-14(9-10)23-17(2,3)16(21)19-12/h5-9H,4H2,1-3H3,(H,18,20)(H,19,21). The Hall–Kier alpha value is -2.76. The van der Waals surface area contributed by atoms with Gasteiger partial charge in [-0.25, -0.2) is 0 Å². The molecule has 0 bridgehead atoms. The highest BCUT2D eigenvalue weighted by atomic mass is 16.5. The molecule has 0 radical (unpaired) electrons. The van der Waals surface area contributed by atoms with Gasteiger partial charge in [0.25, 0.3) is 11.8 Å². The lowest BCUT2D eigenvalue weighted by Crippen LogP contribution is -2.45. The Kier molecular flexibility index (Phi) is 3.60. The fraction of sp³-hybridized carbons (Fsp3) is 0.294. The zero-order valence-corrected chi connectivity index (χ0v) is 13.2. The molecule has 0 saturated carbocycles. The first-order chi connectivity index (χ1) is 10.9. The smallest absolute Gasteiger partial charge is 0.291 e. The van der Waals surface area contributed by atoms with E-state index in [1.165, 1.54) is 0 Å². The minimum absolute atomic E-state index is 0.204. The molecule has 3 rings (SSSR count). The number of ether oxygens (including phenoxy) is 1. The van der Waals surface area contributed by atoms with Gasteiger partial charge in [-0.1, -0.05) is 6.92 Å². The van der Waals surface area contributed by atoms with Gasteiger partial charge in [0.1, 0.15) is 11.5 Å². The van der Waals surface area contributed by atoms with E-state index < -0.39 is 5.60 Å². The first-order valence-electron chi connectivity index (χ1n) is 7.43. The highest BCUT2D eigenvalue weighted by Crippen LogP contribution is 2.35. The van der Waals surface area contributed by atoms with Crippen molar-refractivity contribution >= 4 is 23.2 Å². The molecule has 2 heterocycles. The molecule has 0 fully saturated rings. The van der Waals surface area contributed by atoms with E-state index >= 15 is 0 Å². The van der Waals surface area contributed by atoms with Crippen LogP contribution in [0.3, 0.4) is 0 Å². The monoisotopic (exact) mass is 314 g/mol. The van der Waals surface area contributed by atoms with Gasteiger partial charge in [0.05, 0.1) is 5.69 Å². The Morgan fingerprint density at radius 2 is 2.04 bits per heavy atom. The third-order valence-electron chi connectivity index (χ3n) is 3.63. The second-order valence-electron chi connectivity index (χ2n) is 5.85. The van der Waals surface area contributed by atoms with Crippen molar-refractivity contribution in [1.29, 1.82) is 0 Å². The van der Waals surface area contributed by atoms with Crippen molar-refractivity contribution in [3.63, 3.8) is 0 Å². The number of fused-ring (bicyclic) bond motifs is 1. The first-order valence-corrected chi connectivity index (χ1v) is 7.43. The predicted octanol–water partition coefficient (Wildman–Crippen LogP) is 3.20. The second kappa shape index (κ2) is 5.46. The number of hydrogen-bond acceptors (Lipinski definition) is 4. The van der Waals surface area contributed by atoms with Crippen LogP contribution < -0.4 is 15.4 Å². The molecular weight excluding hydrogens is 296 g/mol. The minimum atomic E-state index is -0.952. The van der Waals surface area contributed by atoms with Crippen LogP contribution in [0.5, 0.6) is 5.75 Å². The van der Waals surface area contributed by atoms with Crippen molar-refractivity contribution in [1.82, 2.24) is 0 Å². The Morgan fingerprint density at radius 1 is 1.26 bits per heavy atom. The maximum absolute atomic E-state index is 12.2. The molecule has 0 spiro atoms. The molecule has 1 aliphatic heterocycles. The van der Waals surface area contributed by atoms with E-state index in [0.717, 1.165) is 12.2 Å². The summed E-state index contributed by atoms with van der Waals surface area (Å²) in [7, 11) is 0. The van der Waals surface area contributed by atoms with Crippen LogP contribution in [0.4, 0.5) is 11.4 Å². The minimum Gasteiger partial charge on any atom is -0.476 e. The van der Waals surface area contributed by atoms with Crippen molar-refractivity contribution in [2.75, 3.05) is 10.6 Å². The lowest BCUT2D eigenvalue weighted by Gasteiger charge is -2.31. The molecule has 0 atom stereocenters. The van der Waals surface area contributed by atoms with Gasteiger partial charge in [-0.05, 0) is 38.1 Å². The molecule has 6 nitrogen and oxygen atoms in total. The number of benzene rings is 1. The Morgan fingerprint density at radius 3 is 2.74 bits per heavy atom. The van der Waals surface area contributed by atoms with Crippen LogP contribution in [0.25, 0.3) is 0 Å². The Balaban J connectivity index is 1.80. The highest BCUT2D eigenvalue weighted by Gasteiger charge is 2.35. The number of amides is 2. The van der Waals surface area contributed by atoms with Crippen LogP contribution in [0.1, 0.15) is 37.1 Å². The number of aryl methyl sites for hydroxylation is 1. The van der Waals surface area contributed by atoms with Gasteiger partial charge in [0.15, 0.2) is 11.4 Å². The van der Waals surface area contributed by atoms with E-state index in [2.05, 4.69) is 10.6 Å². The van der Waals surface area contributed by atoms with Crippen molar-refractivity contribution in [2.24, 2.45) is 0 Å². The average molecular weight is 314 g/mol. The number of rotatable bonds is 3. The summed E-state index contributed by atoms with van der Waals surface area (Å²) in [5.74, 6) is 0.997. The van der Waals surface area contributed by atoms with Gasteiger partial charge in [-0.15, -0.1) is 0 Å². The summed E-state index contributed by atoms with van der Waals surface area (Å²) in [6.45, 7) is 5.33. The van der Waals surface area contributed by atoms with Crippen LogP contribution >= 0.6 is 0 Å². The third kappa shape index (κ3) is 2.92. The summed E-state index contributed by atoms with van der Waals surface area (Å²) in [6.07, 6.45) is 0.731. The Bertz CT molecular complexity index is 777. The lowest BCUT2D eigenvalue weighted by molar-refractivity contribution is -0.129. The molecule has 0 unspecified atom stereocenters. The zero-order chi connectivity index (χ0) is 16.6. The van der Waals surface area contributed by atoms with Crippen LogP contribution in [0, 0.1) is 0 Å². The van der Waals surface area contributed by atoms with E-state index in [0.29, 0.717) is 17.1 Å². The molecule has 23 heavy (non-hydrogen) atoms. The molecule has 0 saturated heterocycles. The van der Waals surface area contributed by atoms with Gasteiger partial charge >= 0.3 is 0 Å². The Labute approximate surface area is 133 Å². The topological polar surface area (TPSA) is 80.6 Å². The van der Waals surface area contributed by atoms with Gasteiger partial charge in [-0.2, -0.15) is 0 Å². The van der Waals surface area contributed by atoms with Crippen molar-refractivity contribution in [3.8, 4) is 5.75 Å². The van der Waals surface area contributed by atoms with Crippen LogP contribution in [0.15, 0.2) is 34.7 Å². The van der Waals surface area contributed by atoms with Gasteiger partial charge in [-0.3, -0.25) is 9.59 Å². The van der Waals surface area contributed by atoms with Crippen LogP contribution in [-0.2, 0) is 11.2 Å². The molecule has 1 aromatic carbocycles. The number of hydrogen-bond donors (Lipinski definition) is 2. The summed E-state index contributed by atoms with van der Waals surface area (Å²) in [4.78, 5) is 24.0. The quantitative estimate of drug-likeness (QED) is 0.911. The van der Waals surface area contributed by atoms with Crippen molar-refractivity contribution < 1.29 is 18.7 Å². The lowest BCUT2D eigenvalue weighted by atomic mass is 10.1. The fourth-order valence-corrected chi connectivity index (χ4v) is 2.26. The van der Waals surface area contributed by atoms with E-state index in [1.54, 1.807) is 44.2 Å². The van der Waals surface area contributed by atoms with E-state index in [9.17, 15) is 9.59 Å². The van der Waals surface area contributed by atoms with Gasteiger partial charge < -0.3 is 19.8 Å². The summed E-state index contributed by atoms with van der Waals surface area (Å²) in [5.41, 5.74) is 0.195. The van der Waals surface area contributed by atoms with Crippen LogP contribution in [-0.4, -0.2) is 17.4 Å². The summed E-state index contributed by atoms with van der Waals surface area (Å²) in [6, 6.07) is 8.49. The average Bonchev–Trinajstić information content (AvgIpc) is 2.97. The fourth-order valence-electron chi connectivity index (χ4n) is 2.26. The van der Waals surface area contributed by atoms with Crippen molar-refractivity contribution in [3.05, 3.63) is 41.9 Å². The summed E-state index contributed by atoms with van der Waals surface area (Å²) < 4.78 is 11.1. The van der Waals surface area contributed by atoms with Gasteiger partial charge in [0.2, 0.25) is 0 Å². The maximum Gasteiger partial charge on any atom is 0.291 e. The highest BCUT2D eigenvalue weighted by molar-refractivity contribution is 6.04. The molecule has 1 aliphatic rings. The molecule has 0 aliphatic carbocycles.